The summed E-state index contributed by atoms with van der Waals surface area (Å²) in [5.74, 6) is 1.13. The highest BCUT2D eigenvalue weighted by atomic mass is 16.5. The van der Waals surface area contributed by atoms with E-state index in [0.29, 0.717) is 23.7 Å². The maximum Gasteiger partial charge on any atom is 0.373 e. The van der Waals surface area contributed by atoms with E-state index in [1.807, 2.05) is 6.92 Å². The summed E-state index contributed by atoms with van der Waals surface area (Å²) < 4.78 is 20.9. The fourth-order valence-corrected chi connectivity index (χ4v) is 2.06. The Morgan fingerprint density at radius 2 is 2.00 bits per heavy atom. The van der Waals surface area contributed by atoms with E-state index in [9.17, 15) is 9.90 Å². The molecular formula is C17H20O6. The molecule has 0 saturated carbocycles. The number of aliphatic hydroxyl groups excluding tert-OH is 1. The summed E-state index contributed by atoms with van der Waals surface area (Å²) in [5, 5.41) is 9.87. The zero-order valence-electron chi connectivity index (χ0n) is 13.4. The van der Waals surface area contributed by atoms with Gasteiger partial charge in [0.25, 0.3) is 0 Å². The number of furan rings is 1. The number of rotatable bonds is 7. The van der Waals surface area contributed by atoms with E-state index in [-0.39, 0.29) is 12.4 Å². The third-order valence-corrected chi connectivity index (χ3v) is 3.38. The van der Waals surface area contributed by atoms with Gasteiger partial charge in [-0.1, -0.05) is 13.0 Å². The molecule has 6 heteroatoms. The van der Waals surface area contributed by atoms with E-state index in [4.69, 9.17) is 13.9 Å². The van der Waals surface area contributed by atoms with Crippen molar-refractivity contribution in [3.8, 4) is 11.5 Å². The monoisotopic (exact) mass is 320 g/mol. The Hall–Kier alpha value is -2.47. The third-order valence-electron chi connectivity index (χ3n) is 3.38. The molecule has 0 aliphatic carbocycles. The first-order valence-corrected chi connectivity index (χ1v) is 7.24. The highest BCUT2D eigenvalue weighted by molar-refractivity contribution is 5.86. The lowest BCUT2D eigenvalue weighted by Crippen LogP contribution is -2.00. The Morgan fingerprint density at radius 1 is 1.22 bits per heavy atom. The van der Waals surface area contributed by atoms with Gasteiger partial charge in [0.05, 0.1) is 20.3 Å². The minimum absolute atomic E-state index is 0.125. The summed E-state index contributed by atoms with van der Waals surface area (Å²) in [6.07, 6.45) is 0.0807. The van der Waals surface area contributed by atoms with Gasteiger partial charge < -0.3 is 23.7 Å². The number of carbonyl (C=O) groups is 1. The molecule has 6 nitrogen and oxygen atoms in total. The van der Waals surface area contributed by atoms with Gasteiger partial charge in [-0.25, -0.2) is 4.79 Å². The van der Waals surface area contributed by atoms with Gasteiger partial charge in [-0.05, 0) is 36.2 Å². The molecule has 0 aliphatic heterocycles. The van der Waals surface area contributed by atoms with Crippen LogP contribution in [0, 0.1) is 0 Å². The zero-order valence-corrected chi connectivity index (χ0v) is 13.4. The Labute approximate surface area is 134 Å². The SMILES string of the molecule is CC[C@@H](O)c1ccc(OCc2ccc(C(=O)OC)o2)c(OC)c1. The highest BCUT2D eigenvalue weighted by Crippen LogP contribution is 2.31. The second-order valence-electron chi connectivity index (χ2n) is 4.88. The third kappa shape index (κ3) is 4.04. The van der Waals surface area contributed by atoms with Crippen molar-refractivity contribution in [1.82, 2.24) is 0 Å². The van der Waals surface area contributed by atoms with Gasteiger partial charge in [0, 0.05) is 0 Å². The van der Waals surface area contributed by atoms with Crippen LogP contribution in [0.15, 0.2) is 34.7 Å². The Morgan fingerprint density at radius 3 is 2.65 bits per heavy atom. The van der Waals surface area contributed by atoms with Gasteiger partial charge in [0.1, 0.15) is 12.4 Å². The van der Waals surface area contributed by atoms with Crippen LogP contribution in [-0.4, -0.2) is 25.3 Å². The Balaban J connectivity index is 2.08. The molecule has 0 saturated heterocycles. The summed E-state index contributed by atoms with van der Waals surface area (Å²) in [5.41, 5.74) is 0.766. The van der Waals surface area contributed by atoms with Crippen LogP contribution in [0.4, 0.5) is 0 Å². The quantitative estimate of drug-likeness (QED) is 0.790. The predicted octanol–water partition coefficient (Wildman–Crippen LogP) is 3.10. The number of aliphatic hydroxyl groups is 1. The standard InChI is InChI=1S/C17H20O6/c1-4-13(18)11-5-7-14(16(9-11)20-2)22-10-12-6-8-15(23-12)17(19)21-3/h5-9,13,18H,4,10H2,1-3H3/t13-/m1/s1. The van der Waals surface area contributed by atoms with E-state index >= 15 is 0 Å². The number of esters is 1. The van der Waals surface area contributed by atoms with E-state index < -0.39 is 12.1 Å². The summed E-state index contributed by atoms with van der Waals surface area (Å²) in [7, 11) is 2.82. The van der Waals surface area contributed by atoms with Crippen LogP contribution >= 0.6 is 0 Å². The van der Waals surface area contributed by atoms with E-state index in [1.54, 1.807) is 24.3 Å². The van der Waals surface area contributed by atoms with Gasteiger partial charge in [0.2, 0.25) is 5.76 Å². The van der Waals surface area contributed by atoms with Crippen LogP contribution in [0.1, 0.15) is 41.3 Å². The second kappa shape index (κ2) is 7.69. The average Bonchev–Trinajstić information content (AvgIpc) is 3.07. The maximum atomic E-state index is 11.3. The zero-order chi connectivity index (χ0) is 16.8. The largest absolute Gasteiger partial charge is 0.493 e. The molecule has 0 fully saturated rings. The van der Waals surface area contributed by atoms with Crippen molar-refractivity contribution in [3.05, 3.63) is 47.4 Å². The minimum Gasteiger partial charge on any atom is -0.493 e. The summed E-state index contributed by atoms with van der Waals surface area (Å²) >= 11 is 0. The fourth-order valence-electron chi connectivity index (χ4n) is 2.06. The lowest BCUT2D eigenvalue weighted by atomic mass is 10.1. The summed E-state index contributed by atoms with van der Waals surface area (Å²) in [6, 6.07) is 8.44. The van der Waals surface area contributed by atoms with Crippen molar-refractivity contribution in [1.29, 1.82) is 0 Å². The van der Waals surface area contributed by atoms with Crippen LogP contribution in [0.2, 0.25) is 0 Å². The van der Waals surface area contributed by atoms with Crippen molar-refractivity contribution >= 4 is 5.97 Å². The van der Waals surface area contributed by atoms with Crippen molar-refractivity contribution in [2.75, 3.05) is 14.2 Å². The highest BCUT2D eigenvalue weighted by Gasteiger charge is 2.13. The van der Waals surface area contributed by atoms with E-state index in [0.717, 1.165) is 5.56 Å². The number of hydrogen-bond acceptors (Lipinski definition) is 6. The van der Waals surface area contributed by atoms with Crippen LogP contribution in [0.3, 0.4) is 0 Å². The van der Waals surface area contributed by atoms with Crippen molar-refractivity contribution in [2.45, 2.75) is 26.1 Å². The lowest BCUT2D eigenvalue weighted by molar-refractivity contribution is 0.0561. The summed E-state index contributed by atoms with van der Waals surface area (Å²) in [6.45, 7) is 2.04. The van der Waals surface area contributed by atoms with Gasteiger partial charge >= 0.3 is 5.97 Å². The van der Waals surface area contributed by atoms with Crippen molar-refractivity contribution in [3.63, 3.8) is 0 Å². The molecule has 0 spiro atoms. The van der Waals surface area contributed by atoms with E-state index in [1.165, 1.54) is 20.3 Å². The molecule has 124 valence electrons. The minimum atomic E-state index is -0.536. The van der Waals surface area contributed by atoms with Gasteiger partial charge in [-0.3, -0.25) is 0 Å². The molecule has 1 heterocycles. The lowest BCUT2D eigenvalue weighted by Gasteiger charge is -2.13. The molecular weight excluding hydrogens is 300 g/mol. The van der Waals surface area contributed by atoms with Crippen molar-refractivity contribution in [2.24, 2.45) is 0 Å². The van der Waals surface area contributed by atoms with Crippen LogP contribution in [0.5, 0.6) is 11.5 Å². The molecule has 0 unspecified atom stereocenters. The molecule has 0 bridgehead atoms. The second-order valence-corrected chi connectivity index (χ2v) is 4.88. The molecule has 1 aromatic heterocycles. The molecule has 1 aromatic carbocycles. The maximum absolute atomic E-state index is 11.3. The predicted molar refractivity (Wildman–Crippen MR) is 82.6 cm³/mol. The normalized spacial score (nSPS) is 11.8. The number of methoxy groups -OCH3 is 2. The molecule has 2 rings (SSSR count). The molecule has 1 atom stereocenters. The first-order chi connectivity index (χ1) is 11.1. The average molecular weight is 320 g/mol. The van der Waals surface area contributed by atoms with Gasteiger partial charge in [-0.15, -0.1) is 0 Å². The number of benzene rings is 1. The van der Waals surface area contributed by atoms with Gasteiger partial charge in [0.15, 0.2) is 11.5 Å². The smallest absolute Gasteiger partial charge is 0.373 e. The van der Waals surface area contributed by atoms with Crippen LogP contribution in [0.25, 0.3) is 0 Å². The molecule has 1 N–H and O–H groups in total. The Bertz CT molecular complexity index is 661. The number of hydrogen-bond donors (Lipinski definition) is 1. The van der Waals surface area contributed by atoms with Crippen LogP contribution < -0.4 is 9.47 Å². The molecule has 23 heavy (non-hydrogen) atoms. The summed E-state index contributed by atoms with van der Waals surface area (Å²) in [4.78, 5) is 11.3. The first kappa shape index (κ1) is 16.9. The molecule has 2 aromatic rings. The van der Waals surface area contributed by atoms with Gasteiger partial charge in [-0.2, -0.15) is 0 Å². The molecule has 0 radical (unpaired) electrons. The Kier molecular flexibility index (Phi) is 5.65. The van der Waals surface area contributed by atoms with E-state index in [2.05, 4.69) is 4.74 Å². The first-order valence-electron chi connectivity index (χ1n) is 7.24. The molecule has 0 aliphatic rings. The van der Waals surface area contributed by atoms with Crippen LogP contribution in [-0.2, 0) is 11.3 Å². The number of carbonyl (C=O) groups excluding carboxylic acids is 1. The number of ether oxygens (including phenoxy) is 3. The molecule has 0 amide bonds. The van der Waals surface area contributed by atoms with Crippen molar-refractivity contribution < 1.29 is 28.5 Å². The topological polar surface area (TPSA) is 78.1 Å². The fraction of sp³-hybridized carbons (Fsp3) is 0.353.